The van der Waals surface area contributed by atoms with Crippen LogP contribution in [0.4, 0.5) is 0 Å². The van der Waals surface area contributed by atoms with Crippen molar-refractivity contribution >= 4 is 29.1 Å². The maximum Gasteiger partial charge on any atom is 0.335 e. The highest BCUT2D eigenvalue weighted by Gasteiger charge is 2.08. The molecular formula is C11H10N2O3S. The number of carboxylic acids is 1. The van der Waals surface area contributed by atoms with E-state index in [1.165, 1.54) is 22.8 Å². The summed E-state index contributed by atoms with van der Waals surface area (Å²) in [6.07, 6.45) is 0. The smallest absolute Gasteiger partial charge is 0.335 e. The predicted molar refractivity (Wildman–Crippen MR) is 66.0 cm³/mol. The average Bonchev–Trinajstić information content (AvgIpc) is 2.28. The summed E-state index contributed by atoms with van der Waals surface area (Å²) < 4.78 is 1.73. The number of aromatic carboxylic acids is 1. The molecule has 2 N–H and O–H groups in total. The minimum atomic E-state index is -1.04. The molecule has 0 fully saturated rings. The molecule has 1 aromatic carbocycles. The van der Waals surface area contributed by atoms with Crippen molar-refractivity contribution in [2.75, 3.05) is 0 Å². The van der Waals surface area contributed by atoms with E-state index in [0.29, 0.717) is 22.2 Å². The van der Waals surface area contributed by atoms with Crippen LogP contribution in [0.3, 0.4) is 0 Å². The summed E-state index contributed by atoms with van der Waals surface area (Å²) in [7, 11) is 0. The molecular weight excluding hydrogens is 240 g/mol. The van der Waals surface area contributed by atoms with Gasteiger partial charge in [0, 0.05) is 6.54 Å². The highest BCUT2D eigenvalue weighted by atomic mass is 32.1. The first-order valence-corrected chi connectivity index (χ1v) is 5.45. The Morgan fingerprint density at radius 2 is 2.24 bits per heavy atom. The fourth-order valence-corrected chi connectivity index (χ4v) is 2.00. The van der Waals surface area contributed by atoms with Crippen LogP contribution in [0, 0.1) is 4.77 Å². The van der Waals surface area contributed by atoms with E-state index in [0.717, 1.165) is 0 Å². The van der Waals surface area contributed by atoms with Gasteiger partial charge in [-0.05, 0) is 37.3 Å². The van der Waals surface area contributed by atoms with Crippen LogP contribution < -0.4 is 5.56 Å². The third-order valence-corrected chi connectivity index (χ3v) is 2.87. The third kappa shape index (κ3) is 1.87. The van der Waals surface area contributed by atoms with Crippen LogP contribution in [-0.2, 0) is 6.54 Å². The van der Waals surface area contributed by atoms with E-state index in [1.54, 1.807) is 0 Å². The Kier molecular flexibility index (Phi) is 2.81. The number of aromatic nitrogens is 2. The molecule has 0 saturated carbocycles. The summed E-state index contributed by atoms with van der Waals surface area (Å²) in [5.41, 5.74) is 0.365. The second-order valence-corrected chi connectivity index (χ2v) is 3.93. The summed E-state index contributed by atoms with van der Waals surface area (Å²) >= 11 is 5.04. The summed E-state index contributed by atoms with van der Waals surface area (Å²) in [6, 6.07) is 4.32. The van der Waals surface area contributed by atoms with Crippen molar-refractivity contribution in [2.45, 2.75) is 13.5 Å². The van der Waals surface area contributed by atoms with Gasteiger partial charge in [-0.1, -0.05) is 0 Å². The SMILES string of the molecule is CCn1c(=S)[nH]c2cc(C(=O)O)ccc2c1=O. The third-order valence-electron chi connectivity index (χ3n) is 2.55. The number of nitrogens with one attached hydrogen (secondary N) is 1. The van der Waals surface area contributed by atoms with Gasteiger partial charge >= 0.3 is 5.97 Å². The van der Waals surface area contributed by atoms with Crippen molar-refractivity contribution < 1.29 is 9.90 Å². The molecule has 88 valence electrons. The topological polar surface area (TPSA) is 75.1 Å². The second kappa shape index (κ2) is 4.14. The van der Waals surface area contributed by atoms with Crippen molar-refractivity contribution in [1.29, 1.82) is 0 Å². The lowest BCUT2D eigenvalue weighted by molar-refractivity contribution is 0.0697. The lowest BCUT2D eigenvalue weighted by Crippen LogP contribution is -2.21. The molecule has 1 aromatic heterocycles. The van der Waals surface area contributed by atoms with E-state index in [2.05, 4.69) is 4.98 Å². The standard InChI is InChI=1S/C11H10N2O3S/c1-2-13-9(14)7-4-3-6(10(15)16)5-8(7)12-11(13)17/h3-5H,2H2,1H3,(H,12,17)(H,15,16). The van der Waals surface area contributed by atoms with Gasteiger partial charge in [-0.2, -0.15) is 0 Å². The van der Waals surface area contributed by atoms with Crippen molar-refractivity contribution in [3.05, 3.63) is 38.9 Å². The van der Waals surface area contributed by atoms with Crippen molar-refractivity contribution in [3.8, 4) is 0 Å². The number of carboxylic acid groups (broad SMARTS) is 1. The molecule has 0 atom stereocenters. The molecule has 2 rings (SSSR count). The maximum atomic E-state index is 12.0. The van der Waals surface area contributed by atoms with Gasteiger partial charge in [-0.3, -0.25) is 9.36 Å². The van der Waals surface area contributed by atoms with Crippen molar-refractivity contribution in [3.63, 3.8) is 0 Å². The van der Waals surface area contributed by atoms with Crippen molar-refractivity contribution in [1.82, 2.24) is 9.55 Å². The van der Waals surface area contributed by atoms with Crippen LogP contribution in [0.1, 0.15) is 17.3 Å². The van der Waals surface area contributed by atoms with Gasteiger partial charge in [-0.15, -0.1) is 0 Å². The number of rotatable bonds is 2. The van der Waals surface area contributed by atoms with Crippen LogP contribution in [0.25, 0.3) is 10.9 Å². The Hall–Kier alpha value is -1.95. The number of hydrogen-bond acceptors (Lipinski definition) is 3. The molecule has 0 radical (unpaired) electrons. The molecule has 0 amide bonds. The van der Waals surface area contributed by atoms with E-state index in [9.17, 15) is 9.59 Å². The highest BCUT2D eigenvalue weighted by Crippen LogP contribution is 2.10. The highest BCUT2D eigenvalue weighted by molar-refractivity contribution is 7.71. The first-order valence-electron chi connectivity index (χ1n) is 5.04. The minimum absolute atomic E-state index is 0.122. The van der Waals surface area contributed by atoms with E-state index in [1.807, 2.05) is 6.92 Å². The number of nitrogens with zero attached hydrogens (tertiary/aromatic N) is 1. The number of hydrogen-bond donors (Lipinski definition) is 2. The van der Waals surface area contributed by atoms with Gasteiger partial charge in [0.15, 0.2) is 4.77 Å². The molecule has 0 saturated heterocycles. The molecule has 0 aliphatic heterocycles. The van der Waals surface area contributed by atoms with Crippen LogP contribution in [0.5, 0.6) is 0 Å². The normalized spacial score (nSPS) is 10.6. The van der Waals surface area contributed by atoms with Crippen molar-refractivity contribution in [2.24, 2.45) is 0 Å². The van der Waals surface area contributed by atoms with E-state index in [-0.39, 0.29) is 11.1 Å². The molecule has 2 aromatic rings. The Labute approximate surface area is 101 Å². The van der Waals surface area contributed by atoms with Gasteiger partial charge in [0.25, 0.3) is 5.56 Å². The Balaban J connectivity index is 2.87. The molecule has 0 bridgehead atoms. The molecule has 6 heteroatoms. The zero-order valence-corrected chi connectivity index (χ0v) is 9.87. The minimum Gasteiger partial charge on any atom is -0.478 e. The Morgan fingerprint density at radius 1 is 1.53 bits per heavy atom. The monoisotopic (exact) mass is 250 g/mol. The summed E-state index contributed by atoms with van der Waals surface area (Å²) in [6.45, 7) is 2.30. The molecule has 0 aliphatic rings. The van der Waals surface area contributed by atoms with Crippen LogP contribution in [0.2, 0.25) is 0 Å². The van der Waals surface area contributed by atoms with E-state index in [4.69, 9.17) is 17.3 Å². The fraction of sp³-hybridized carbons (Fsp3) is 0.182. The van der Waals surface area contributed by atoms with Gasteiger partial charge in [0.05, 0.1) is 16.5 Å². The maximum absolute atomic E-state index is 12.0. The predicted octanol–water partition coefficient (Wildman–Crippen LogP) is 1.78. The number of H-pyrrole nitrogens is 1. The lowest BCUT2D eigenvalue weighted by Gasteiger charge is -2.05. The number of aromatic amines is 1. The van der Waals surface area contributed by atoms with E-state index < -0.39 is 5.97 Å². The molecule has 1 heterocycles. The fourth-order valence-electron chi connectivity index (χ4n) is 1.67. The lowest BCUT2D eigenvalue weighted by atomic mass is 10.1. The Bertz CT molecular complexity index is 715. The Morgan fingerprint density at radius 3 is 2.82 bits per heavy atom. The molecule has 0 unspecified atom stereocenters. The summed E-state index contributed by atoms with van der Waals surface area (Å²) in [4.78, 5) is 25.7. The number of carbonyl (C=O) groups is 1. The number of benzene rings is 1. The first-order chi connectivity index (χ1) is 8.04. The zero-order valence-electron chi connectivity index (χ0n) is 9.06. The quantitative estimate of drug-likeness (QED) is 0.797. The van der Waals surface area contributed by atoms with Gasteiger partial charge in [0.2, 0.25) is 0 Å². The molecule has 0 spiro atoms. The van der Waals surface area contributed by atoms with E-state index >= 15 is 0 Å². The average molecular weight is 250 g/mol. The second-order valence-electron chi connectivity index (χ2n) is 3.55. The van der Waals surface area contributed by atoms with Crippen LogP contribution in [-0.4, -0.2) is 20.6 Å². The van der Waals surface area contributed by atoms with Crippen LogP contribution >= 0.6 is 12.2 Å². The number of fused-ring (bicyclic) bond motifs is 1. The van der Waals surface area contributed by atoms with Gasteiger partial charge in [0.1, 0.15) is 0 Å². The molecule has 0 aliphatic carbocycles. The van der Waals surface area contributed by atoms with Crippen LogP contribution in [0.15, 0.2) is 23.0 Å². The van der Waals surface area contributed by atoms with Gasteiger partial charge in [-0.25, -0.2) is 4.79 Å². The van der Waals surface area contributed by atoms with Gasteiger partial charge < -0.3 is 10.1 Å². The zero-order chi connectivity index (χ0) is 12.6. The molecule has 17 heavy (non-hydrogen) atoms. The largest absolute Gasteiger partial charge is 0.478 e. The first kappa shape index (κ1) is 11.5. The summed E-state index contributed by atoms with van der Waals surface area (Å²) in [5, 5.41) is 9.30. The summed E-state index contributed by atoms with van der Waals surface area (Å²) in [5.74, 6) is -1.04. The molecule has 5 nitrogen and oxygen atoms in total.